The van der Waals surface area contributed by atoms with E-state index in [1.54, 1.807) is 0 Å². The molecule has 1 aromatic rings. The molecule has 0 amide bonds. The van der Waals surface area contributed by atoms with Crippen molar-refractivity contribution in [3.8, 4) is 0 Å². The number of rotatable bonds is 4. The van der Waals surface area contributed by atoms with Crippen molar-refractivity contribution in [1.29, 1.82) is 0 Å². The molecule has 0 atom stereocenters. The van der Waals surface area contributed by atoms with Crippen LogP contribution in [0, 0.1) is 0 Å². The maximum Gasteiger partial charge on any atom is 0.252 e. The average molecular weight is 225 g/mol. The SMILES string of the molecule is CC(C)c1noc(COC2CCNCC2)n1. The summed E-state index contributed by atoms with van der Waals surface area (Å²) >= 11 is 0. The Labute approximate surface area is 95.6 Å². The summed E-state index contributed by atoms with van der Waals surface area (Å²) in [6.45, 7) is 6.59. The van der Waals surface area contributed by atoms with Gasteiger partial charge in [-0.1, -0.05) is 19.0 Å². The fourth-order valence-corrected chi connectivity index (χ4v) is 1.71. The molecular formula is C11H19N3O2. The molecule has 0 radical (unpaired) electrons. The van der Waals surface area contributed by atoms with Gasteiger partial charge in [0.2, 0.25) is 0 Å². The van der Waals surface area contributed by atoms with Gasteiger partial charge in [-0.15, -0.1) is 0 Å². The Bertz CT molecular complexity index is 319. The van der Waals surface area contributed by atoms with Crippen LogP contribution in [0.5, 0.6) is 0 Å². The summed E-state index contributed by atoms with van der Waals surface area (Å²) in [7, 11) is 0. The van der Waals surface area contributed by atoms with Gasteiger partial charge in [0.05, 0.1) is 6.10 Å². The molecule has 1 aliphatic heterocycles. The van der Waals surface area contributed by atoms with E-state index < -0.39 is 0 Å². The molecule has 0 unspecified atom stereocenters. The molecule has 5 heteroatoms. The first-order chi connectivity index (χ1) is 7.75. The molecule has 1 aromatic heterocycles. The van der Waals surface area contributed by atoms with E-state index in [1.165, 1.54) is 0 Å². The number of hydrogen-bond acceptors (Lipinski definition) is 5. The van der Waals surface area contributed by atoms with Crippen LogP contribution in [0.1, 0.15) is 44.3 Å². The lowest BCUT2D eigenvalue weighted by Crippen LogP contribution is -2.32. The number of ether oxygens (including phenoxy) is 1. The summed E-state index contributed by atoms with van der Waals surface area (Å²) in [5.41, 5.74) is 0. The van der Waals surface area contributed by atoms with E-state index in [0.29, 0.717) is 24.5 Å². The number of nitrogens with one attached hydrogen (secondary N) is 1. The van der Waals surface area contributed by atoms with Crippen LogP contribution >= 0.6 is 0 Å². The summed E-state index contributed by atoms with van der Waals surface area (Å²) in [6, 6.07) is 0. The molecule has 0 bridgehead atoms. The molecule has 5 nitrogen and oxygen atoms in total. The quantitative estimate of drug-likeness (QED) is 0.840. The second-order valence-electron chi connectivity index (χ2n) is 4.46. The second kappa shape index (κ2) is 5.41. The van der Waals surface area contributed by atoms with E-state index in [9.17, 15) is 0 Å². The van der Waals surface area contributed by atoms with Gasteiger partial charge in [0, 0.05) is 5.92 Å². The minimum absolute atomic E-state index is 0.302. The first kappa shape index (κ1) is 11.5. The summed E-state index contributed by atoms with van der Waals surface area (Å²) in [5.74, 6) is 1.64. The molecule has 90 valence electrons. The summed E-state index contributed by atoms with van der Waals surface area (Å²) in [4.78, 5) is 4.28. The van der Waals surface area contributed by atoms with E-state index in [4.69, 9.17) is 9.26 Å². The van der Waals surface area contributed by atoms with Crippen LogP contribution in [0.2, 0.25) is 0 Å². The van der Waals surface area contributed by atoms with Crippen LogP contribution < -0.4 is 5.32 Å². The van der Waals surface area contributed by atoms with Gasteiger partial charge in [-0.25, -0.2) is 0 Å². The Balaban J connectivity index is 1.79. The highest BCUT2D eigenvalue weighted by molar-refractivity contribution is 4.90. The molecule has 16 heavy (non-hydrogen) atoms. The van der Waals surface area contributed by atoms with Gasteiger partial charge in [-0.05, 0) is 25.9 Å². The van der Waals surface area contributed by atoms with Gasteiger partial charge in [0.25, 0.3) is 5.89 Å². The zero-order valence-electron chi connectivity index (χ0n) is 9.90. The molecule has 0 aromatic carbocycles. The predicted molar refractivity (Wildman–Crippen MR) is 59.1 cm³/mol. The highest BCUT2D eigenvalue weighted by Gasteiger charge is 2.15. The monoisotopic (exact) mass is 225 g/mol. The van der Waals surface area contributed by atoms with Crippen LogP contribution in [0.3, 0.4) is 0 Å². The number of aromatic nitrogens is 2. The topological polar surface area (TPSA) is 60.2 Å². The van der Waals surface area contributed by atoms with Crippen molar-refractivity contribution < 1.29 is 9.26 Å². The molecular weight excluding hydrogens is 206 g/mol. The molecule has 1 saturated heterocycles. The van der Waals surface area contributed by atoms with Crippen LogP contribution in [-0.4, -0.2) is 29.3 Å². The van der Waals surface area contributed by atoms with Crippen molar-refractivity contribution >= 4 is 0 Å². The Morgan fingerprint density at radius 1 is 1.44 bits per heavy atom. The lowest BCUT2D eigenvalue weighted by atomic mass is 10.1. The summed E-state index contributed by atoms with van der Waals surface area (Å²) in [5, 5.41) is 7.20. The van der Waals surface area contributed by atoms with Gasteiger partial charge in [0.1, 0.15) is 6.61 Å². The fraction of sp³-hybridized carbons (Fsp3) is 0.818. The molecule has 0 saturated carbocycles. The van der Waals surface area contributed by atoms with Crippen molar-refractivity contribution in [3.63, 3.8) is 0 Å². The molecule has 2 heterocycles. The summed E-state index contributed by atoms with van der Waals surface area (Å²) in [6.07, 6.45) is 2.45. The first-order valence-corrected chi connectivity index (χ1v) is 5.90. The minimum atomic E-state index is 0.302. The maximum absolute atomic E-state index is 5.73. The fourth-order valence-electron chi connectivity index (χ4n) is 1.71. The molecule has 0 spiro atoms. The Kier molecular flexibility index (Phi) is 3.90. The van der Waals surface area contributed by atoms with Gasteiger partial charge >= 0.3 is 0 Å². The van der Waals surface area contributed by atoms with Crippen molar-refractivity contribution in [3.05, 3.63) is 11.7 Å². The molecule has 1 N–H and O–H groups in total. The average Bonchev–Trinajstić information content (AvgIpc) is 2.76. The van der Waals surface area contributed by atoms with Crippen LogP contribution in [0.4, 0.5) is 0 Å². The van der Waals surface area contributed by atoms with Crippen LogP contribution in [-0.2, 0) is 11.3 Å². The lowest BCUT2D eigenvalue weighted by molar-refractivity contribution is 0.00859. The first-order valence-electron chi connectivity index (χ1n) is 5.90. The largest absolute Gasteiger partial charge is 0.368 e. The number of hydrogen-bond donors (Lipinski definition) is 1. The zero-order valence-corrected chi connectivity index (χ0v) is 9.90. The van der Waals surface area contributed by atoms with Crippen molar-refractivity contribution in [2.45, 2.75) is 45.3 Å². The van der Waals surface area contributed by atoms with E-state index in [2.05, 4.69) is 15.5 Å². The smallest absolute Gasteiger partial charge is 0.252 e. The third-order valence-electron chi connectivity index (χ3n) is 2.73. The van der Waals surface area contributed by atoms with Gasteiger partial charge in [0.15, 0.2) is 5.82 Å². The summed E-state index contributed by atoms with van der Waals surface area (Å²) < 4.78 is 10.8. The minimum Gasteiger partial charge on any atom is -0.368 e. The predicted octanol–water partition coefficient (Wildman–Crippen LogP) is 1.46. The molecule has 1 fully saturated rings. The highest BCUT2D eigenvalue weighted by atomic mass is 16.5. The third kappa shape index (κ3) is 3.02. The van der Waals surface area contributed by atoms with Crippen molar-refractivity contribution in [1.82, 2.24) is 15.5 Å². The molecule has 0 aliphatic carbocycles. The van der Waals surface area contributed by atoms with Crippen molar-refractivity contribution in [2.75, 3.05) is 13.1 Å². The number of piperidine rings is 1. The number of nitrogens with zero attached hydrogens (tertiary/aromatic N) is 2. The normalized spacial score (nSPS) is 18.2. The van der Waals surface area contributed by atoms with E-state index in [1.807, 2.05) is 13.8 Å². The van der Waals surface area contributed by atoms with E-state index in [-0.39, 0.29) is 0 Å². The van der Waals surface area contributed by atoms with Gasteiger partial charge in [-0.3, -0.25) is 0 Å². The van der Waals surface area contributed by atoms with Gasteiger partial charge in [-0.2, -0.15) is 4.98 Å². The van der Waals surface area contributed by atoms with E-state index in [0.717, 1.165) is 31.8 Å². The highest BCUT2D eigenvalue weighted by Crippen LogP contribution is 2.13. The third-order valence-corrected chi connectivity index (χ3v) is 2.73. The molecule has 2 rings (SSSR count). The van der Waals surface area contributed by atoms with Crippen LogP contribution in [0.25, 0.3) is 0 Å². The van der Waals surface area contributed by atoms with Gasteiger partial charge < -0.3 is 14.6 Å². The van der Waals surface area contributed by atoms with Crippen molar-refractivity contribution in [2.24, 2.45) is 0 Å². The lowest BCUT2D eigenvalue weighted by Gasteiger charge is -2.21. The Morgan fingerprint density at radius 3 is 2.81 bits per heavy atom. The Hall–Kier alpha value is -0.940. The zero-order chi connectivity index (χ0) is 11.4. The standard InChI is InChI=1S/C11H19N3O2/c1-8(2)11-13-10(16-14-11)7-15-9-3-5-12-6-4-9/h8-9,12H,3-7H2,1-2H3. The molecule has 1 aliphatic rings. The van der Waals surface area contributed by atoms with E-state index >= 15 is 0 Å². The second-order valence-corrected chi connectivity index (χ2v) is 4.46. The Morgan fingerprint density at radius 2 is 2.19 bits per heavy atom. The maximum atomic E-state index is 5.73. The van der Waals surface area contributed by atoms with Crippen LogP contribution in [0.15, 0.2) is 4.52 Å².